The molecule has 1 unspecified atom stereocenters. The van der Waals surface area contributed by atoms with Crippen molar-refractivity contribution in [3.05, 3.63) is 94.7 Å². The van der Waals surface area contributed by atoms with Gasteiger partial charge in [0.05, 0.1) is 12.0 Å². The van der Waals surface area contributed by atoms with Crippen LogP contribution >= 0.6 is 0 Å². The van der Waals surface area contributed by atoms with Crippen molar-refractivity contribution in [3.8, 4) is 0 Å². The maximum Gasteiger partial charge on any atom is 0.416 e. The first-order chi connectivity index (χ1) is 16.1. The number of alkyl halides is 3. The zero-order chi connectivity index (χ0) is 24.7. The van der Waals surface area contributed by atoms with Gasteiger partial charge in [-0.2, -0.15) is 13.2 Å². The highest BCUT2D eigenvalue weighted by Gasteiger charge is 2.31. The van der Waals surface area contributed by atoms with Crippen LogP contribution in [0.5, 0.6) is 0 Å². The number of aromatic nitrogens is 1. The number of nitrogens with two attached hydrogens (primary N) is 1. The summed E-state index contributed by atoms with van der Waals surface area (Å²) < 4.78 is 39.4. The molecule has 1 aromatic heterocycles. The molecule has 1 heterocycles. The van der Waals surface area contributed by atoms with Gasteiger partial charge < -0.3 is 16.4 Å². The Bertz CT molecular complexity index is 1150. The van der Waals surface area contributed by atoms with Gasteiger partial charge in [-0.3, -0.25) is 9.59 Å². The summed E-state index contributed by atoms with van der Waals surface area (Å²) in [7, 11) is 0. The van der Waals surface area contributed by atoms with Gasteiger partial charge in [-0.15, -0.1) is 0 Å². The fraction of sp³-hybridized carbons (Fsp3) is 0.240. The molecule has 2 aromatic carbocycles. The molecule has 0 aliphatic heterocycles. The van der Waals surface area contributed by atoms with Crippen LogP contribution in [0, 0.1) is 6.92 Å². The Hall–Kier alpha value is -3.88. The van der Waals surface area contributed by atoms with Gasteiger partial charge >= 0.3 is 6.18 Å². The van der Waals surface area contributed by atoms with Crippen molar-refractivity contribution < 1.29 is 22.8 Å². The average Bonchev–Trinajstić information content (AvgIpc) is 2.79. The number of carbonyl (C=O) groups is 2. The first-order valence-corrected chi connectivity index (χ1v) is 10.6. The molecular weight excluding hydrogens is 445 g/mol. The number of rotatable bonds is 8. The van der Waals surface area contributed by atoms with E-state index in [1.165, 1.54) is 18.3 Å². The molecule has 9 heteroatoms. The molecule has 6 nitrogen and oxygen atoms in total. The third kappa shape index (κ3) is 7.06. The van der Waals surface area contributed by atoms with Gasteiger partial charge in [0, 0.05) is 19.2 Å². The first-order valence-electron chi connectivity index (χ1n) is 10.6. The number of hydrogen-bond donors (Lipinski definition) is 3. The molecule has 0 fully saturated rings. The molecule has 0 spiro atoms. The molecule has 0 aliphatic carbocycles. The zero-order valence-corrected chi connectivity index (χ0v) is 18.5. The van der Waals surface area contributed by atoms with E-state index < -0.39 is 29.6 Å². The van der Waals surface area contributed by atoms with Crippen molar-refractivity contribution in [2.24, 2.45) is 0 Å². The quantitative estimate of drug-likeness (QED) is 0.469. The lowest BCUT2D eigenvalue weighted by Gasteiger charge is -2.20. The molecule has 3 rings (SSSR count). The largest absolute Gasteiger partial charge is 0.416 e. The maximum atomic E-state index is 13.1. The van der Waals surface area contributed by atoms with Gasteiger partial charge in [0.25, 0.3) is 0 Å². The standard InChI is InChI=1S/C25H25F3N4O2/c1-16-5-2-3-7-19(16)13-23(33)32-21(12-17-6-4-8-20(11-17)25(26,27)28)24(34)31-15-18-9-10-22(29)30-14-18/h2-11,14,21H,12-13,15H2,1H3,(H2,29,30)(H,31,34)(H,32,33). The summed E-state index contributed by atoms with van der Waals surface area (Å²) in [6.07, 6.45) is -3.06. The number of aryl methyl sites for hydroxylation is 1. The summed E-state index contributed by atoms with van der Waals surface area (Å²) >= 11 is 0. The predicted octanol–water partition coefficient (Wildman–Crippen LogP) is 3.58. The predicted molar refractivity (Wildman–Crippen MR) is 122 cm³/mol. The van der Waals surface area contributed by atoms with E-state index >= 15 is 0 Å². The zero-order valence-electron chi connectivity index (χ0n) is 18.5. The normalized spacial score (nSPS) is 12.1. The highest BCUT2D eigenvalue weighted by atomic mass is 19.4. The van der Waals surface area contributed by atoms with Crippen LogP contribution in [0.1, 0.15) is 27.8 Å². The molecule has 0 saturated heterocycles. The minimum atomic E-state index is -4.51. The monoisotopic (exact) mass is 470 g/mol. The number of amides is 2. The summed E-state index contributed by atoms with van der Waals surface area (Å²) in [6.45, 7) is 1.99. The lowest BCUT2D eigenvalue weighted by molar-refractivity contribution is -0.137. The first kappa shape index (κ1) is 24.8. The second kappa shape index (κ2) is 10.8. The molecular formula is C25H25F3N4O2. The van der Waals surface area contributed by atoms with E-state index in [1.807, 2.05) is 31.2 Å². The van der Waals surface area contributed by atoms with Gasteiger partial charge in [-0.25, -0.2) is 4.98 Å². The van der Waals surface area contributed by atoms with Crippen LogP contribution in [0.15, 0.2) is 66.9 Å². The maximum absolute atomic E-state index is 13.1. The number of hydrogen-bond acceptors (Lipinski definition) is 4. The van der Waals surface area contributed by atoms with Crippen LogP contribution in [0.4, 0.5) is 19.0 Å². The molecule has 2 amide bonds. The number of benzene rings is 2. The van der Waals surface area contributed by atoms with Gasteiger partial charge in [-0.1, -0.05) is 48.5 Å². The fourth-order valence-corrected chi connectivity index (χ4v) is 3.40. The van der Waals surface area contributed by atoms with Crippen molar-refractivity contribution in [1.82, 2.24) is 15.6 Å². The molecule has 0 saturated carbocycles. The van der Waals surface area contributed by atoms with Crippen LogP contribution < -0.4 is 16.4 Å². The molecule has 178 valence electrons. The lowest BCUT2D eigenvalue weighted by Crippen LogP contribution is -2.48. The Kier molecular flexibility index (Phi) is 7.88. The highest BCUT2D eigenvalue weighted by molar-refractivity contribution is 5.88. The summed E-state index contributed by atoms with van der Waals surface area (Å²) in [4.78, 5) is 29.6. The van der Waals surface area contributed by atoms with Crippen LogP contribution in [-0.2, 0) is 35.2 Å². The average molecular weight is 470 g/mol. The summed E-state index contributed by atoms with van der Waals surface area (Å²) in [5, 5.41) is 5.38. The summed E-state index contributed by atoms with van der Waals surface area (Å²) in [5.41, 5.74) is 7.43. The van der Waals surface area contributed by atoms with Crippen molar-refractivity contribution in [2.45, 2.75) is 38.5 Å². The second-order valence-corrected chi connectivity index (χ2v) is 7.93. The molecule has 0 aliphatic rings. The summed E-state index contributed by atoms with van der Waals surface area (Å²) in [6, 6.07) is 14.3. The van der Waals surface area contributed by atoms with Gasteiger partial charge in [0.1, 0.15) is 11.9 Å². The molecule has 34 heavy (non-hydrogen) atoms. The molecule has 3 aromatic rings. The number of pyridine rings is 1. The van der Waals surface area contributed by atoms with Crippen LogP contribution in [0.3, 0.4) is 0 Å². The van der Waals surface area contributed by atoms with Crippen LogP contribution in [0.2, 0.25) is 0 Å². The van der Waals surface area contributed by atoms with E-state index in [2.05, 4.69) is 15.6 Å². The highest BCUT2D eigenvalue weighted by Crippen LogP contribution is 2.29. The lowest BCUT2D eigenvalue weighted by atomic mass is 10.0. The van der Waals surface area contributed by atoms with Crippen LogP contribution in [0.25, 0.3) is 0 Å². The minimum absolute atomic E-state index is 0.0426. The Balaban J connectivity index is 1.75. The number of nitrogen functional groups attached to an aromatic ring is 1. The fourth-order valence-electron chi connectivity index (χ4n) is 3.40. The Labute approximate surface area is 195 Å². The molecule has 1 atom stereocenters. The molecule has 4 N–H and O–H groups in total. The van der Waals surface area contributed by atoms with Crippen molar-refractivity contribution in [3.63, 3.8) is 0 Å². The van der Waals surface area contributed by atoms with Gasteiger partial charge in [-0.05, 0) is 41.3 Å². The van der Waals surface area contributed by atoms with Gasteiger partial charge in [0.15, 0.2) is 0 Å². The van der Waals surface area contributed by atoms with E-state index in [0.717, 1.165) is 23.3 Å². The number of carbonyl (C=O) groups excluding carboxylic acids is 2. The van der Waals surface area contributed by atoms with Crippen LogP contribution in [-0.4, -0.2) is 22.8 Å². The van der Waals surface area contributed by atoms with Gasteiger partial charge in [0.2, 0.25) is 11.8 Å². The molecule has 0 bridgehead atoms. The SMILES string of the molecule is Cc1ccccc1CC(=O)NC(Cc1cccc(C(F)(F)F)c1)C(=O)NCc1ccc(N)nc1. The Morgan fingerprint density at radius 3 is 2.47 bits per heavy atom. The van der Waals surface area contributed by atoms with E-state index in [9.17, 15) is 22.8 Å². The van der Waals surface area contributed by atoms with E-state index in [4.69, 9.17) is 5.73 Å². The van der Waals surface area contributed by atoms with E-state index in [-0.39, 0.29) is 24.9 Å². The van der Waals surface area contributed by atoms with Crippen molar-refractivity contribution in [1.29, 1.82) is 0 Å². The van der Waals surface area contributed by atoms with Crippen molar-refractivity contribution >= 4 is 17.6 Å². The number of nitrogens with one attached hydrogen (secondary N) is 2. The number of nitrogens with zero attached hydrogens (tertiary/aromatic N) is 1. The Morgan fingerprint density at radius 2 is 1.79 bits per heavy atom. The smallest absolute Gasteiger partial charge is 0.384 e. The summed E-state index contributed by atoms with van der Waals surface area (Å²) in [5.74, 6) is -0.594. The second-order valence-electron chi connectivity index (χ2n) is 7.93. The third-order valence-corrected chi connectivity index (χ3v) is 5.27. The Morgan fingerprint density at radius 1 is 1.03 bits per heavy atom. The number of halogens is 3. The van der Waals surface area contributed by atoms with E-state index in [0.29, 0.717) is 11.4 Å². The topological polar surface area (TPSA) is 97.1 Å². The third-order valence-electron chi connectivity index (χ3n) is 5.27. The number of anilines is 1. The van der Waals surface area contributed by atoms with Crippen molar-refractivity contribution in [2.75, 3.05) is 5.73 Å². The van der Waals surface area contributed by atoms with E-state index in [1.54, 1.807) is 12.1 Å². The molecule has 0 radical (unpaired) electrons. The minimum Gasteiger partial charge on any atom is -0.384 e.